The zero-order valence-corrected chi connectivity index (χ0v) is 17.5. The van der Waals surface area contributed by atoms with Gasteiger partial charge in [-0.3, -0.25) is 4.79 Å². The Balaban J connectivity index is 1.82. The topological polar surface area (TPSA) is 65.1 Å². The molecule has 0 spiro atoms. The SMILES string of the molecule is COc1ccc(C2CC(=O)N(C(=O)OC(C)(C)C)C2)cc1Oc1ccccc1C. The zero-order chi connectivity index (χ0) is 21.2. The molecule has 6 nitrogen and oxygen atoms in total. The Bertz CT molecular complexity index is 916. The molecule has 1 unspecified atom stereocenters. The Morgan fingerprint density at radius 2 is 1.79 bits per heavy atom. The zero-order valence-electron chi connectivity index (χ0n) is 17.5. The summed E-state index contributed by atoms with van der Waals surface area (Å²) in [5.41, 5.74) is 1.27. The summed E-state index contributed by atoms with van der Waals surface area (Å²) in [6, 6.07) is 13.3. The number of rotatable bonds is 4. The molecule has 3 rings (SSSR count). The van der Waals surface area contributed by atoms with Crippen molar-refractivity contribution in [3.05, 3.63) is 53.6 Å². The number of amides is 2. The highest BCUT2D eigenvalue weighted by Crippen LogP contribution is 2.38. The Morgan fingerprint density at radius 3 is 2.45 bits per heavy atom. The first-order valence-electron chi connectivity index (χ1n) is 9.62. The van der Waals surface area contributed by atoms with Crippen LogP contribution in [-0.2, 0) is 9.53 Å². The number of carbonyl (C=O) groups excluding carboxylic acids is 2. The van der Waals surface area contributed by atoms with Crippen molar-refractivity contribution >= 4 is 12.0 Å². The minimum atomic E-state index is -0.649. The monoisotopic (exact) mass is 397 g/mol. The van der Waals surface area contributed by atoms with Crippen LogP contribution in [-0.4, -0.2) is 36.2 Å². The molecule has 0 bridgehead atoms. The van der Waals surface area contributed by atoms with E-state index in [0.717, 1.165) is 16.9 Å². The molecule has 1 aliphatic rings. The molecular weight excluding hydrogens is 370 g/mol. The molecule has 1 saturated heterocycles. The number of methoxy groups -OCH3 is 1. The lowest BCUT2D eigenvalue weighted by atomic mass is 9.98. The molecule has 2 amide bonds. The number of nitrogens with zero attached hydrogens (tertiary/aromatic N) is 1. The molecule has 2 aromatic carbocycles. The van der Waals surface area contributed by atoms with Crippen LogP contribution in [0.5, 0.6) is 17.2 Å². The Hall–Kier alpha value is -3.02. The normalized spacial score (nSPS) is 16.7. The lowest BCUT2D eigenvalue weighted by molar-refractivity contribution is -0.126. The first kappa shape index (κ1) is 20.7. The second kappa shape index (κ2) is 8.15. The van der Waals surface area contributed by atoms with E-state index in [0.29, 0.717) is 11.5 Å². The van der Waals surface area contributed by atoms with Crippen LogP contribution in [0.2, 0.25) is 0 Å². The van der Waals surface area contributed by atoms with Gasteiger partial charge in [-0.25, -0.2) is 9.69 Å². The van der Waals surface area contributed by atoms with Gasteiger partial charge in [-0.15, -0.1) is 0 Å². The fourth-order valence-corrected chi connectivity index (χ4v) is 3.24. The molecule has 0 radical (unpaired) electrons. The molecule has 0 saturated carbocycles. The van der Waals surface area contributed by atoms with Crippen molar-refractivity contribution in [1.82, 2.24) is 4.90 Å². The number of likely N-dealkylation sites (tertiary alicyclic amines) is 1. The third kappa shape index (κ3) is 4.88. The highest BCUT2D eigenvalue weighted by Gasteiger charge is 2.37. The smallest absolute Gasteiger partial charge is 0.417 e. The number of aryl methyl sites for hydroxylation is 1. The predicted octanol–water partition coefficient (Wildman–Crippen LogP) is 5.05. The molecule has 0 aromatic heterocycles. The average molecular weight is 397 g/mol. The van der Waals surface area contributed by atoms with Gasteiger partial charge in [0, 0.05) is 18.9 Å². The van der Waals surface area contributed by atoms with Crippen LogP contribution in [0.3, 0.4) is 0 Å². The lowest BCUT2D eigenvalue weighted by Gasteiger charge is -2.23. The molecule has 154 valence electrons. The fraction of sp³-hybridized carbons (Fsp3) is 0.391. The maximum Gasteiger partial charge on any atom is 0.417 e. The van der Waals surface area contributed by atoms with Gasteiger partial charge < -0.3 is 14.2 Å². The van der Waals surface area contributed by atoms with E-state index in [1.54, 1.807) is 27.9 Å². The van der Waals surface area contributed by atoms with Crippen LogP contribution in [0.1, 0.15) is 44.2 Å². The third-order valence-electron chi connectivity index (χ3n) is 4.71. The van der Waals surface area contributed by atoms with Crippen LogP contribution in [0.15, 0.2) is 42.5 Å². The number of imide groups is 1. The summed E-state index contributed by atoms with van der Waals surface area (Å²) >= 11 is 0. The summed E-state index contributed by atoms with van der Waals surface area (Å²) in [4.78, 5) is 25.9. The highest BCUT2D eigenvalue weighted by molar-refractivity contribution is 5.94. The Morgan fingerprint density at radius 1 is 1.07 bits per heavy atom. The fourth-order valence-electron chi connectivity index (χ4n) is 3.24. The first-order chi connectivity index (χ1) is 13.7. The van der Waals surface area contributed by atoms with E-state index in [1.165, 1.54) is 4.90 Å². The number of benzene rings is 2. The Labute approximate surface area is 171 Å². The standard InChI is InChI=1S/C23H27NO5/c1-15-8-6-7-9-18(15)28-20-12-16(10-11-19(20)27-5)17-13-21(25)24(14-17)22(26)29-23(2,3)4/h6-12,17H,13-14H2,1-5H3. The van der Waals surface area contributed by atoms with Crippen molar-refractivity contribution in [2.45, 2.75) is 45.6 Å². The number of carbonyl (C=O) groups is 2. The molecule has 2 aromatic rings. The van der Waals surface area contributed by atoms with E-state index >= 15 is 0 Å². The summed E-state index contributed by atoms with van der Waals surface area (Å²) in [7, 11) is 1.59. The summed E-state index contributed by atoms with van der Waals surface area (Å²) in [6.45, 7) is 7.59. The second-order valence-electron chi connectivity index (χ2n) is 8.16. The Kier molecular flexibility index (Phi) is 5.82. The van der Waals surface area contributed by atoms with Crippen LogP contribution in [0, 0.1) is 6.92 Å². The van der Waals surface area contributed by atoms with E-state index in [1.807, 2.05) is 49.4 Å². The average Bonchev–Trinajstić information content (AvgIpc) is 3.04. The maximum atomic E-state index is 12.4. The summed E-state index contributed by atoms with van der Waals surface area (Å²) < 4.78 is 16.9. The van der Waals surface area contributed by atoms with Crippen molar-refractivity contribution in [2.24, 2.45) is 0 Å². The first-order valence-corrected chi connectivity index (χ1v) is 9.62. The lowest BCUT2D eigenvalue weighted by Crippen LogP contribution is -2.37. The quantitative estimate of drug-likeness (QED) is 0.723. The predicted molar refractivity (Wildman–Crippen MR) is 110 cm³/mol. The van der Waals surface area contributed by atoms with Gasteiger partial charge in [0.2, 0.25) is 5.91 Å². The summed E-state index contributed by atoms with van der Waals surface area (Å²) in [6.07, 6.45) is -0.357. The summed E-state index contributed by atoms with van der Waals surface area (Å²) in [5, 5.41) is 0. The van der Waals surface area contributed by atoms with E-state index in [4.69, 9.17) is 14.2 Å². The largest absolute Gasteiger partial charge is 0.493 e. The number of hydrogen-bond acceptors (Lipinski definition) is 5. The van der Waals surface area contributed by atoms with E-state index in [9.17, 15) is 9.59 Å². The van der Waals surface area contributed by atoms with Crippen LogP contribution < -0.4 is 9.47 Å². The molecular formula is C23H27NO5. The van der Waals surface area contributed by atoms with Crippen LogP contribution in [0.4, 0.5) is 4.79 Å². The molecule has 1 atom stereocenters. The van der Waals surface area contributed by atoms with Crippen molar-refractivity contribution in [3.63, 3.8) is 0 Å². The third-order valence-corrected chi connectivity index (χ3v) is 4.71. The van der Waals surface area contributed by atoms with Gasteiger partial charge in [0.1, 0.15) is 11.4 Å². The van der Waals surface area contributed by atoms with Gasteiger partial charge in [-0.1, -0.05) is 24.3 Å². The van der Waals surface area contributed by atoms with Crippen molar-refractivity contribution < 1.29 is 23.8 Å². The molecule has 0 aliphatic carbocycles. The molecule has 1 fully saturated rings. The van der Waals surface area contributed by atoms with Gasteiger partial charge >= 0.3 is 6.09 Å². The maximum absolute atomic E-state index is 12.4. The van der Waals surface area contributed by atoms with Crippen molar-refractivity contribution in [1.29, 1.82) is 0 Å². The van der Waals surface area contributed by atoms with Crippen molar-refractivity contribution in [2.75, 3.05) is 13.7 Å². The molecule has 6 heteroatoms. The van der Waals surface area contributed by atoms with E-state index < -0.39 is 11.7 Å². The number of hydrogen-bond donors (Lipinski definition) is 0. The minimum absolute atomic E-state index is 0.125. The highest BCUT2D eigenvalue weighted by atomic mass is 16.6. The summed E-state index contributed by atoms with van der Waals surface area (Å²) in [5.74, 6) is 1.55. The molecule has 1 aliphatic heterocycles. The number of para-hydroxylation sites is 1. The van der Waals surface area contributed by atoms with E-state index in [2.05, 4.69) is 0 Å². The van der Waals surface area contributed by atoms with E-state index in [-0.39, 0.29) is 24.8 Å². The molecule has 0 N–H and O–H groups in total. The molecule has 29 heavy (non-hydrogen) atoms. The van der Waals surface area contributed by atoms with Crippen molar-refractivity contribution in [3.8, 4) is 17.2 Å². The van der Waals surface area contributed by atoms with Crippen LogP contribution in [0.25, 0.3) is 0 Å². The van der Waals surface area contributed by atoms with Gasteiger partial charge in [-0.05, 0) is 57.0 Å². The van der Waals surface area contributed by atoms with Gasteiger partial charge in [0.25, 0.3) is 0 Å². The van der Waals surface area contributed by atoms with Gasteiger partial charge in [-0.2, -0.15) is 0 Å². The van der Waals surface area contributed by atoms with Crippen LogP contribution >= 0.6 is 0 Å². The van der Waals surface area contributed by atoms with Gasteiger partial charge in [0.05, 0.1) is 7.11 Å². The minimum Gasteiger partial charge on any atom is -0.493 e. The second-order valence-corrected chi connectivity index (χ2v) is 8.16. The van der Waals surface area contributed by atoms with Gasteiger partial charge in [0.15, 0.2) is 11.5 Å². The molecule has 1 heterocycles. The number of ether oxygens (including phenoxy) is 3.